The molecule has 126 valence electrons. The van der Waals surface area contributed by atoms with Gasteiger partial charge in [0.05, 0.1) is 13.2 Å². The molecular formula is C16H21NO6. The summed E-state index contributed by atoms with van der Waals surface area (Å²) in [6.07, 6.45) is -0.875. The van der Waals surface area contributed by atoms with Gasteiger partial charge in [0.25, 0.3) is 5.78 Å². The van der Waals surface area contributed by atoms with Crippen molar-refractivity contribution in [1.29, 1.82) is 0 Å². The summed E-state index contributed by atoms with van der Waals surface area (Å²) in [6, 6.07) is 7.86. The molecule has 0 aliphatic heterocycles. The van der Waals surface area contributed by atoms with Gasteiger partial charge in [-0.1, -0.05) is 30.3 Å². The molecule has 0 heterocycles. The number of hydrogen-bond donors (Lipinski definition) is 2. The van der Waals surface area contributed by atoms with Crippen molar-refractivity contribution in [3.05, 3.63) is 35.9 Å². The maximum atomic E-state index is 11.7. The molecule has 1 aromatic carbocycles. The van der Waals surface area contributed by atoms with Crippen LogP contribution in [0.1, 0.15) is 26.3 Å². The number of carboxylic acid groups (broad SMARTS) is 1. The topological polar surface area (TPSA) is 102 Å². The fraction of sp³-hybridized carbons (Fsp3) is 0.438. The summed E-state index contributed by atoms with van der Waals surface area (Å²) in [5.41, 5.74) is 0.109. The van der Waals surface area contributed by atoms with Crippen LogP contribution in [-0.4, -0.2) is 41.2 Å². The van der Waals surface area contributed by atoms with Crippen LogP contribution in [0.5, 0.6) is 0 Å². The fourth-order valence-corrected chi connectivity index (χ4v) is 1.65. The van der Waals surface area contributed by atoms with E-state index in [9.17, 15) is 14.4 Å². The van der Waals surface area contributed by atoms with Gasteiger partial charge in [0, 0.05) is 0 Å². The molecule has 7 nitrogen and oxygen atoms in total. The van der Waals surface area contributed by atoms with Crippen LogP contribution in [0.2, 0.25) is 0 Å². The number of carbonyl (C=O) groups is 3. The molecule has 0 saturated carbocycles. The Bertz CT molecular complexity index is 549. The monoisotopic (exact) mass is 323 g/mol. The number of amides is 1. The summed E-state index contributed by atoms with van der Waals surface area (Å²) in [6.45, 7) is 4.91. The van der Waals surface area contributed by atoms with Crippen molar-refractivity contribution in [2.24, 2.45) is 0 Å². The van der Waals surface area contributed by atoms with Crippen LogP contribution in [0.3, 0.4) is 0 Å². The molecule has 0 radical (unpaired) electrons. The van der Waals surface area contributed by atoms with Gasteiger partial charge in [0.15, 0.2) is 0 Å². The highest BCUT2D eigenvalue weighted by molar-refractivity contribution is 6.35. The molecule has 0 fully saturated rings. The molecule has 0 saturated heterocycles. The number of ether oxygens (including phenoxy) is 2. The van der Waals surface area contributed by atoms with Crippen LogP contribution in [0.15, 0.2) is 30.3 Å². The van der Waals surface area contributed by atoms with Crippen LogP contribution < -0.4 is 5.32 Å². The number of ketones is 1. The standard InChI is InChI=1S/C16H21NO6/c1-16(2,3)23-15(21)17-12(13(18)14(19)20)10-22-9-11-7-5-4-6-8-11/h4-8,12H,9-10H2,1-3H3,(H,17,21)(H,19,20). The minimum atomic E-state index is -1.64. The molecule has 1 amide bonds. The number of benzene rings is 1. The van der Waals surface area contributed by atoms with Crippen molar-refractivity contribution in [1.82, 2.24) is 5.32 Å². The third-order valence-electron chi connectivity index (χ3n) is 2.61. The molecule has 0 bridgehead atoms. The SMILES string of the molecule is CC(C)(C)OC(=O)NC(COCc1ccccc1)C(=O)C(=O)O. The number of alkyl carbamates (subject to hydrolysis) is 1. The van der Waals surface area contributed by atoms with Gasteiger partial charge in [-0.15, -0.1) is 0 Å². The summed E-state index contributed by atoms with van der Waals surface area (Å²) in [7, 11) is 0. The third kappa shape index (κ3) is 7.42. The highest BCUT2D eigenvalue weighted by atomic mass is 16.6. The lowest BCUT2D eigenvalue weighted by atomic mass is 10.2. The van der Waals surface area contributed by atoms with E-state index < -0.39 is 29.5 Å². The number of Topliss-reactive ketones (excluding diaryl/α,β-unsaturated/α-hetero) is 1. The van der Waals surface area contributed by atoms with E-state index >= 15 is 0 Å². The van der Waals surface area contributed by atoms with Crippen LogP contribution >= 0.6 is 0 Å². The molecule has 2 N–H and O–H groups in total. The Kier molecular flexibility index (Phi) is 6.71. The first-order valence-electron chi connectivity index (χ1n) is 7.07. The highest BCUT2D eigenvalue weighted by Crippen LogP contribution is 2.07. The Labute approximate surface area is 134 Å². The first-order valence-corrected chi connectivity index (χ1v) is 7.07. The van der Waals surface area contributed by atoms with Gasteiger partial charge in [-0.25, -0.2) is 9.59 Å². The second kappa shape index (κ2) is 8.28. The third-order valence-corrected chi connectivity index (χ3v) is 2.61. The quantitative estimate of drug-likeness (QED) is 0.741. The van der Waals surface area contributed by atoms with Gasteiger partial charge in [-0.05, 0) is 26.3 Å². The Hall–Kier alpha value is -2.41. The molecule has 23 heavy (non-hydrogen) atoms. The molecule has 1 unspecified atom stereocenters. The van der Waals surface area contributed by atoms with Crippen molar-refractivity contribution in [3.8, 4) is 0 Å². The average Bonchev–Trinajstić information content (AvgIpc) is 2.44. The first-order chi connectivity index (χ1) is 10.7. The molecule has 0 aliphatic rings. The maximum absolute atomic E-state index is 11.7. The highest BCUT2D eigenvalue weighted by Gasteiger charge is 2.28. The number of carbonyl (C=O) groups excluding carboxylic acids is 2. The predicted molar refractivity (Wildman–Crippen MR) is 81.9 cm³/mol. The minimum absolute atomic E-state index is 0.195. The molecule has 0 aromatic heterocycles. The zero-order valence-corrected chi connectivity index (χ0v) is 13.4. The fourth-order valence-electron chi connectivity index (χ4n) is 1.65. The zero-order chi connectivity index (χ0) is 17.5. The number of carboxylic acids is 1. The van der Waals surface area contributed by atoms with Crippen molar-refractivity contribution in [2.45, 2.75) is 39.0 Å². The lowest BCUT2D eigenvalue weighted by molar-refractivity contribution is -0.150. The van der Waals surface area contributed by atoms with Gasteiger partial charge in [0.2, 0.25) is 0 Å². The number of hydrogen-bond acceptors (Lipinski definition) is 5. The summed E-state index contributed by atoms with van der Waals surface area (Å²) in [4.78, 5) is 34.2. The van der Waals surface area contributed by atoms with Gasteiger partial charge in [-0.2, -0.15) is 0 Å². The Morgan fingerprint density at radius 1 is 1.17 bits per heavy atom. The minimum Gasteiger partial charge on any atom is -0.475 e. The Morgan fingerprint density at radius 3 is 2.30 bits per heavy atom. The maximum Gasteiger partial charge on any atom is 0.408 e. The normalized spacial score (nSPS) is 12.3. The molecule has 0 aliphatic carbocycles. The van der Waals surface area contributed by atoms with E-state index in [1.165, 1.54) is 0 Å². The van der Waals surface area contributed by atoms with E-state index in [1.807, 2.05) is 30.3 Å². The lowest BCUT2D eigenvalue weighted by Gasteiger charge is -2.22. The van der Waals surface area contributed by atoms with E-state index in [0.717, 1.165) is 5.56 Å². The van der Waals surface area contributed by atoms with E-state index in [1.54, 1.807) is 20.8 Å². The smallest absolute Gasteiger partial charge is 0.408 e. The number of rotatable bonds is 7. The molecule has 1 aromatic rings. The molecule has 0 spiro atoms. The van der Waals surface area contributed by atoms with Crippen LogP contribution in [-0.2, 0) is 25.7 Å². The molecule has 1 atom stereocenters. The summed E-state index contributed by atoms with van der Waals surface area (Å²) < 4.78 is 10.3. The summed E-state index contributed by atoms with van der Waals surface area (Å²) >= 11 is 0. The summed E-state index contributed by atoms with van der Waals surface area (Å²) in [5, 5.41) is 11.0. The van der Waals surface area contributed by atoms with E-state index in [4.69, 9.17) is 14.6 Å². The molecule has 1 rings (SSSR count). The molecular weight excluding hydrogens is 302 g/mol. The van der Waals surface area contributed by atoms with Crippen LogP contribution in [0.4, 0.5) is 4.79 Å². The largest absolute Gasteiger partial charge is 0.475 e. The molecule has 7 heteroatoms. The van der Waals surface area contributed by atoms with E-state index in [0.29, 0.717) is 0 Å². The van der Waals surface area contributed by atoms with Crippen LogP contribution in [0.25, 0.3) is 0 Å². The van der Waals surface area contributed by atoms with Gasteiger partial charge in [-0.3, -0.25) is 4.79 Å². The van der Waals surface area contributed by atoms with Crippen molar-refractivity contribution >= 4 is 17.8 Å². The number of nitrogens with one attached hydrogen (secondary N) is 1. The van der Waals surface area contributed by atoms with E-state index in [-0.39, 0.29) is 13.2 Å². The first kappa shape index (κ1) is 18.6. The number of aliphatic carboxylic acids is 1. The summed E-state index contributed by atoms with van der Waals surface area (Å²) in [5.74, 6) is -2.81. The lowest BCUT2D eigenvalue weighted by Crippen LogP contribution is -2.48. The Morgan fingerprint density at radius 2 is 1.78 bits per heavy atom. The second-order valence-electron chi connectivity index (χ2n) is 5.87. The van der Waals surface area contributed by atoms with Crippen LogP contribution in [0, 0.1) is 0 Å². The second-order valence-corrected chi connectivity index (χ2v) is 5.87. The Balaban J connectivity index is 2.60. The zero-order valence-electron chi connectivity index (χ0n) is 13.4. The van der Waals surface area contributed by atoms with Gasteiger partial charge in [0.1, 0.15) is 11.6 Å². The average molecular weight is 323 g/mol. The van der Waals surface area contributed by atoms with Crippen molar-refractivity contribution < 1.29 is 29.0 Å². The predicted octanol–water partition coefficient (Wildman–Crippen LogP) is 1.75. The van der Waals surface area contributed by atoms with Crippen molar-refractivity contribution in [3.63, 3.8) is 0 Å². The van der Waals surface area contributed by atoms with Gasteiger partial charge >= 0.3 is 12.1 Å². The van der Waals surface area contributed by atoms with Crippen molar-refractivity contribution in [2.75, 3.05) is 6.61 Å². The van der Waals surface area contributed by atoms with Gasteiger partial charge < -0.3 is 19.9 Å². The van der Waals surface area contributed by atoms with E-state index in [2.05, 4.69) is 5.32 Å².